The van der Waals surface area contributed by atoms with Gasteiger partial charge in [-0.15, -0.1) is 11.3 Å². The molecular weight excluding hydrogens is 296 g/mol. The molecule has 0 saturated carbocycles. The minimum absolute atomic E-state index is 0.337. The Bertz CT molecular complexity index is 851. The summed E-state index contributed by atoms with van der Waals surface area (Å²) in [5, 5.41) is 10.7. The Morgan fingerprint density at radius 1 is 1.23 bits per heavy atom. The van der Waals surface area contributed by atoms with Crippen molar-refractivity contribution in [1.82, 2.24) is 4.98 Å². The molecule has 0 unspecified atom stereocenters. The molecule has 22 heavy (non-hydrogen) atoms. The van der Waals surface area contributed by atoms with Gasteiger partial charge < -0.3 is 4.74 Å². The number of carbonyl (C=O) groups is 1. The van der Waals surface area contributed by atoms with Gasteiger partial charge in [0.05, 0.1) is 29.3 Å². The number of fused-ring (bicyclic) bond motifs is 1. The summed E-state index contributed by atoms with van der Waals surface area (Å²) in [5.74, 6) is -0.337. The second-order valence-corrected chi connectivity index (χ2v) is 5.71. The third kappa shape index (κ3) is 3.13. The molecule has 0 bridgehead atoms. The summed E-state index contributed by atoms with van der Waals surface area (Å²) in [7, 11) is 0. The molecule has 0 saturated heterocycles. The van der Waals surface area contributed by atoms with E-state index in [1.807, 2.05) is 12.1 Å². The predicted molar refractivity (Wildman–Crippen MR) is 84.8 cm³/mol. The van der Waals surface area contributed by atoms with Crippen molar-refractivity contribution in [3.05, 3.63) is 64.1 Å². The van der Waals surface area contributed by atoms with Crippen molar-refractivity contribution in [3.63, 3.8) is 0 Å². The third-order valence-corrected chi connectivity index (χ3v) is 4.11. The lowest BCUT2D eigenvalue weighted by atomic mass is 10.0. The monoisotopic (exact) mass is 308 g/mol. The average Bonchev–Trinajstić information content (AvgIpc) is 3.07. The molecule has 0 N–H and O–H groups in total. The van der Waals surface area contributed by atoms with Gasteiger partial charge >= 0.3 is 5.97 Å². The van der Waals surface area contributed by atoms with Gasteiger partial charge in [0, 0.05) is 17.5 Å². The van der Waals surface area contributed by atoms with Crippen molar-refractivity contribution in [1.29, 1.82) is 5.26 Å². The molecule has 0 amide bonds. The van der Waals surface area contributed by atoms with E-state index in [-0.39, 0.29) is 5.97 Å². The maximum absolute atomic E-state index is 12.1. The summed E-state index contributed by atoms with van der Waals surface area (Å²) in [6.07, 6.45) is 2.46. The van der Waals surface area contributed by atoms with E-state index in [0.717, 1.165) is 15.6 Å². The van der Waals surface area contributed by atoms with Crippen LogP contribution in [0.25, 0.3) is 10.8 Å². The van der Waals surface area contributed by atoms with E-state index in [9.17, 15) is 4.79 Å². The van der Waals surface area contributed by atoms with Crippen LogP contribution in [0, 0.1) is 11.3 Å². The molecule has 108 valence electrons. The highest BCUT2D eigenvalue weighted by Crippen LogP contribution is 2.18. The van der Waals surface area contributed by atoms with E-state index in [2.05, 4.69) is 11.1 Å². The number of hydrogen-bond acceptors (Lipinski definition) is 5. The largest absolute Gasteiger partial charge is 0.462 e. The van der Waals surface area contributed by atoms with Crippen molar-refractivity contribution in [3.8, 4) is 6.07 Å². The van der Waals surface area contributed by atoms with Gasteiger partial charge in [-0.1, -0.05) is 12.1 Å². The summed E-state index contributed by atoms with van der Waals surface area (Å²) >= 11 is 1.55. The van der Waals surface area contributed by atoms with Crippen LogP contribution in [0.5, 0.6) is 0 Å². The van der Waals surface area contributed by atoms with Gasteiger partial charge in [-0.25, -0.2) is 4.79 Å². The Balaban J connectivity index is 1.70. The maximum Gasteiger partial charge on any atom is 0.338 e. The fourth-order valence-corrected chi connectivity index (χ4v) is 2.72. The zero-order valence-electron chi connectivity index (χ0n) is 11.7. The van der Waals surface area contributed by atoms with Crippen LogP contribution in [0.1, 0.15) is 20.8 Å². The molecule has 0 radical (unpaired) electrons. The summed E-state index contributed by atoms with van der Waals surface area (Å²) in [4.78, 5) is 17.1. The quantitative estimate of drug-likeness (QED) is 0.691. The Hall–Kier alpha value is -2.71. The smallest absolute Gasteiger partial charge is 0.338 e. The van der Waals surface area contributed by atoms with Crippen molar-refractivity contribution >= 4 is 28.1 Å². The van der Waals surface area contributed by atoms with Crippen molar-refractivity contribution in [2.24, 2.45) is 0 Å². The first-order valence-corrected chi connectivity index (χ1v) is 7.62. The van der Waals surface area contributed by atoms with Gasteiger partial charge in [0.1, 0.15) is 0 Å². The molecule has 1 aromatic heterocycles. The highest BCUT2D eigenvalue weighted by Gasteiger charge is 2.08. The second kappa shape index (κ2) is 6.37. The molecule has 0 fully saturated rings. The van der Waals surface area contributed by atoms with Crippen LogP contribution in [0.2, 0.25) is 0 Å². The standard InChI is InChI=1S/C17H12N2O2S/c18-9-12-1-2-14-8-15(4-3-13(14)7-12)17(20)21-6-5-16-10-19-11-22-16/h1-4,7-8,10-11H,5-6H2. The number of esters is 1. The molecule has 0 atom stereocenters. The Kier molecular flexibility index (Phi) is 4.12. The van der Waals surface area contributed by atoms with Crippen LogP contribution < -0.4 is 0 Å². The van der Waals surface area contributed by atoms with Crippen LogP contribution in [-0.2, 0) is 11.2 Å². The van der Waals surface area contributed by atoms with Crippen molar-refractivity contribution in [2.45, 2.75) is 6.42 Å². The van der Waals surface area contributed by atoms with Crippen molar-refractivity contribution in [2.75, 3.05) is 6.61 Å². The first kappa shape index (κ1) is 14.2. The van der Waals surface area contributed by atoms with Crippen molar-refractivity contribution < 1.29 is 9.53 Å². The van der Waals surface area contributed by atoms with Crippen LogP contribution >= 0.6 is 11.3 Å². The molecule has 2 aromatic carbocycles. The van der Waals surface area contributed by atoms with Gasteiger partial charge in [-0.05, 0) is 35.0 Å². The van der Waals surface area contributed by atoms with Crippen LogP contribution in [0.4, 0.5) is 0 Å². The number of carbonyl (C=O) groups excluding carboxylic acids is 1. The molecule has 3 rings (SSSR count). The normalized spacial score (nSPS) is 10.3. The Morgan fingerprint density at radius 3 is 2.82 bits per heavy atom. The molecule has 1 heterocycles. The van der Waals surface area contributed by atoms with Crippen LogP contribution in [0.15, 0.2) is 48.1 Å². The lowest BCUT2D eigenvalue weighted by molar-refractivity contribution is 0.0510. The maximum atomic E-state index is 12.1. The fourth-order valence-electron chi connectivity index (χ4n) is 2.14. The third-order valence-electron chi connectivity index (χ3n) is 3.27. The molecule has 0 aliphatic heterocycles. The summed E-state index contributed by atoms with van der Waals surface area (Å²) in [5.41, 5.74) is 2.88. The zero-order chi connectivity index (χ0) is 15.4. The molecule has 0 aliphatic rings. The Morgan fingerprint density at radius 2 is 2.05 bits per heavy atom. The summed E-state index contributed by atoms with van der Waals surface area (Å²) in [6.45, 7) is 0.340. The number of nitrogens with zero attached hydrogens (tertiary/aromatic N) is 2. The van der Waals surface area contributed by atoms with Gasteiger partial charge in [0.15, 0.2) is 0 Å². The first-order valence-electron chi connectivity index (χ1n) is 6.75. The number of nitriles is 1. The van der Waals surface area contributed by atoms with E-state index >= 15 is 0 Å². The van der Waals surface area contributed by atoms with Crippen LogP contribution in [0.3, 0.4) is 0 Å². The second-order valence-electron chi connectivity index (χ2n) is 4.74. The SMILES string of the molecule is N#Cc1ccc2cc(C(=O)OCCc3cncs3)ccc2c1. The molecular formula is C17H12N2O2S. The van der Waals surface area contributed by atoms with Gasteiger partial charge in [0.2, 0.25) is 0 Å². The van der Waals surface area contributed by atoms with E-state index < -0.39 is 0 Å². The Labute approximate surface area is 131 Å². The molecule has 0 aliphatic carbocycles. The first-order chi connectivity index (χ1) is 10.8. The minimum Gasteiger partial charge on any atom is -0.462 e. The number of aromatic nitrogens is 1. The van der Waals surface area contributed by atoms with Crippen LogP contribution in [-0.4, -0.2) is 17.6 Å². The van der Waals surface area contributed by atoms with E-state index in [0.29, 0.717) is 24.2 Å². The molecule has 3 aromatic rings. The topological polar surface area (TPSA) is 63.0 Å². The van der Waals surface area contributed by atoms with Gasteiger partial charge in [0.25, 0.3) is 0 Å². The highest BCUT2D eigenvalue weighted by molar-refractivity contribution is 7.09. The molecule has 4 nitrogen and oxygen atoms in total. The van der Waals surface area contributed by atoms with Gasteiger partial charge in [-0.2, -0.15) is 5.26 Å². The number of benzene rings is 2. The van der Waals surface area contributed by atoms with E-state index in [1.54, 1.807) is 47.3 Å². The predicted octanol–water partition coefficient (Wildman–Crippen LogP) is 3.57. The lowest BCUT2D eigenvalue weighted by Gasteiger charge is -2.05. The summed E-state index contributed by atoms with van der Waals surface area (Å²) < 4.78 is 5.28. The summed E-state index contributed by atoms with van der Waals surface area (Å²) in [6, 6.07) is 12.8. The zero-order valence-corrected chi connectivity index (χ0v) is 12.5. The number of hydrogen-bond donors (Lipinski definition) is 0. The number of thiazole rings is 1. The molecule has 5 heteroatoms. The highest BCUT2D eigenvalue weighted by atomic mass is 32.1. The van der Waals surface area contributed by atoms with E-state index in [1.165, 1.54) is 0 Å². The molecule has 0 spiro atoms. The van der Waals surface area contributed by atoms with E-state index in [4.69, 9.17) is 10.00 Å². The van der Waals surface area contributed by atoms with Gasteiger partial charge in [-0.3, -0.25) is 4.98 Å². The average molecular weight is 308 g/mol. The fraction of sp³-hybridized carbons (Fsp3) is 0.118. The lowest BCUT2D eigenvalue weighted by Crippen LogP contribution is -2.07. The number of rotatable bonds is 4. The number of ether oxygens (including phenoxy) is 1. The minimum atomic E-state index is -0.337.